The maximum atomic E-state index is 12.7. The Morgan fingerprint density at radius 1 is 0.793 bits per heavy atom. The SMILES string of the molecule is O.O.O=C(/C=C(/Bc1ccccc1)C(=O)OC1CCCCC1)OC1CCCCC1. The average molecular weight is 404 g/mol. The zero-order valence-corrected chi connectivity index (χ0v) is 17.0. The van der Waals surface area contributed by atoms with E-state index < -0.39 is 5.97 Å². The Bertz CT molecular complexity index is 649. The number of benzene rings is 1. The first-order valence-electron chi connectivity index (χ1n) is 10.4. The van der Waals surface area contributed by atoms with Crippen molar-refractivity contribution in [2.45, 2.75) is 76.4 Å². The van der Waals surface area contributed by atoms with Gasteiger partial charge in [0.25, 0.3) is 0 Å². The number of ether oxygens (including phenoxy) is 2. The Morgan fingerprint density at radius 2 is 1.31 bits per heavy atom. The molecule has 2 saturated carbocycles. The van der Waals surface area contributed by atoms with Crippen LogP contribution in [0.25, 0.3) is 0 Å². The molecule has 1 aromatic carbocycles. The van der Waals surface area contributed by atoms with Crippen molar-refractivity contribution in [2.75, 3.05) is 0 Å². The van der Waals surface area contributed by atoms with E-state index in [-0.39, 0.29) is 29.1 Å². The Morgan fingerprint density at radius 3 is 1.86 bits per heavy atom. The standard InChI is InChI=1S/C22H29BO4.2H2O/c24-21(26-18-12-6-2-7-13-18)16-20(23-17-10-4-1-5-11-17)22(25)27-19-14-8-3-9-15-19;;/h1,4-5,10-11,16,18-19,23H,2-3,6-9,12-15H2;2*1H2/b20-16+;;. The number of carbonyl (C=O) groups is 2. The van der Waals surface area contributed by atoms with Gasteiger partial charge in [-0.15, -0.1) is 0 Å². The van der Waals surface area contributed by atoms with Crippen LogP contribution in [0.1, 0.15) is 64.2 Å². The smallest absolute Gasteiger partial charge is 0.330 e. The number of esters is 2. The summed E-state index contributed by atoms with van der Waals surface area (Å²) in [5.41, 5.74) is 1.36. The first-order chi connectivity index (χ1) is 13.2. The van der Waals surface area contributed by atoms with Crippen molar-refractivity contribution in [3.63, 3.8) is 0 Å². The fourth-order valence-electron chi connectivity index (χ4n) is 3.93. The van der Waals surface area contributed by atoms with E-state index >= 15 is 0 Å². The van der Waals surface area contributed by atoms with E-state index in [0.29, 0.717) is 12.8 Å². The summed E-state index contributed by atoms with van der Waals surface area (Å²) >= 11 is 0. The van der Waals surface area contributed by atoms with Crippen LogP contribution in [0.3, 0.4) is 0 Å². The second-order valence-corrected chi connectivity index (χ2v) is 7.69. The van der Waals surface area contributed by atoms with Gasteiger partial charge >= 0.3 is 11.9 Å². The molecule has 160 valence electrons. The molecule has 0 aromatic heterocycles. The molecule has 0 radical (unpaired) electrons. The number of carbonyl (C=O) groups excluding carboxylic acids is 2. The topological polar surface area (TPSA) is 116 Å². The Hall–Kier alpha value is -2.12. The van der Waals surface area contributed by atoms with Crippen LogP contribution in [-0.2, 0) is 19.1 Å². The lowest BCUT2D eigenvalue weighted by Crippen LogP contribution is -2.28. The maximum absolute atomic E-state index is 12.7. The quantitative estimate of drug-likeness (QED) is 0.408. The second kappa shape index (κ2) is 13.2. The van der Waals surface area contributed by atoms with Crippen molar-refractivity contribution in [1.82, 2.24) is 0 Å². The molecule has 0 spiro atoms. The summed E-state index contributed by atoms with van der Waals surface area (Å²) in [6.45, 7) is 0. The van der Waals surface area contributed by atoms with Crippen LogP contribution in [-0.4, -0.2) is 42.4 Å². The van der Waals surface area contributed by atoms with Crippen LogP contribution in [0.5, 0.6) is 0 Å². The molecule has 4 N–H and O–H groups in total. The Kier molecular flexibility index (Phi) is 11.3. The van der Waals surface area contributed by atoms with Gasteiger partial charge in [-0.05, 0) is 51.4 Å². The molecule has 2 fully saturated rings. The molecule has 6 nitrogen and oxygen atoms in total. The zero-order chi connectivity index (χ0) is 18.9. The van der Waals surface area contributed by atoms with Crippen molar-refractivity contribution >= 4 is 24.7 Å². The minimum absolute atomic E-state index is 0. The molecule has 1 aromatic rings. The average Bonchev–Trinajstić information content (AvgIpc) is 2.70. The first-order valence-corrected chi connectivity index (χ1v) is 10.4. The summed E-state index contributed by atoms with van der Waals surface area (Å²) < 4.78 is 11.3. The van der Waals surface area contributed by atoms with Gasteiger partial charge in [0.2, 0.25) is 7.28 Å². The summed E-state index contributed by atoms with van der Waals surface area (Å²) in [5.74, 6) is -0.806. The third-order valence-corrected chi connectivity index (χ3v) is 5.45. The number of hydrogen-bond donors (Lipinski definition) is 0. The highest BCUT2D eigenvalue weighted by atomic mass is 16.5. The monoisotopic (exact) mass is 404 g/mol. The highest BCUT2D eigenvalue weighted by Crippen LogP contribution is 2.22. The van der Waals surface area contributed by atoms with Crippen LogP contribution < -0.4 is 5.46 Å². The zero-order valence-electron chi connectivity index (χ0n) is 17.0. The molecule has 29 heavy (non-hydrogen) atoms. The van der Waals surface area contributed by atoms with Gasteiger partial charge in [-0.2, -0.15) is 0 Å². The Labute approximate surface area is 173 Å². The van der Waals surface area contributed by atoms with Crippen LogP contribution in [0, 0.1) is 0 Å². The summed E-state index contributed by atoms with van der Waals surface area (Å²) in [6, 6.07) is 9.70. The molecule has 2 aliphatic carbocycles. The molecule has 7 heteroatoms. The molecular weight excluding hydrogens is 371 g/mol. The van der Waals surface area contributed by atoms with Gasteiger partial charge in [0, 0.05) is 11.5 Å². The van der Waals surface area contributed by atoms with Gasteiger partial charge < -0.3 is 20.4 Å². The molecule has 0 saturated heterocycles. The van der Waals surface area contributed by atoms with Crippen molar-refractivity contribution in [1.29, 1.82) is 0 Å². The highest BCUT2D eigenvalue weighted by molar-refractivity contribution is 6.66. The van der Waals surface area contributed by atoms with Crippen molar-refractivity contribution in [2.24, 2.45) is 0 Å². The van der Waals surface area contributed by atoms with Crippen LogP contribution >= 0.6 is 0 Å². The Balaban J connectivity index is 0.00000210. The molecule has 0 amide bonds. The summed E-state index contributed by atoms with van der Waals surface area (Å²) in [4.78, 5) is 25.1. The van der Waals surface area contributed by atoms with Crippen molar-refractivity contribution < 1.29 is 30.0 Å². The van der Waals surface area contributed by atoms with Gasteiger partial charge in [-0.3, -0.25) is 0 Å². The van der Waals surface area contributed by atoms with E-state index in [4.69, 9.17) is 9.47 Å². The highest BCUT2D eigenvalue weighted by Gasteiger charge is 2.23. The van der Waals surface area contributed by atoms with Crippen LogP contribution in [0.15, 0.2) is 41.9 Å². The van der Waals surface area contributed by atoms with Crippen LogP contribution in [0.2, 0.25) is 0 Å². The molecule has 0 unspecified atom stereocenters. The largest absolute Gasteiger partial charge is 0.460 e. The molecule has 3 rings (SSSR count). The van der Waals surface area contributed by atoms with E-state index in [9.17, 15) is 9.59 Å². The molecule has 0 aliphatic heterocycles. The van der Waals surface area contributed by atoms with E-state index in [0.717, 1.165) is 56.8 Å². The fourth-order valence-corrected chi connectivity index (χ4v) is 3.93. The lowest BCUT2D eigenvalue weighted by Gasteiger charge is -2.23. The van der Waals surface area contributed by atoms with Gasteiger partial charge in [0.15, 0.2) is 0 Å². The summed E-state index contributed by atoms with van der Waals surface area (Å²) in [6.07, 6.45) is 11.8. The predicted molar refractivity (Wildman–Crippen MR) is 114 cm³/mol. The lowest BCUT2D eigenvalue weighted by molar-refractivity contribution is -0.147. The fraction of sp³-hybridized carbons (Fsp3) is 0.545. The number of rotatable bonds is 6. The third kappa shape index (κ3) is 8.42. The van der Waals surface area contributed by atoms with E-state index in [1.165, 1.54) is 18.9 Å². The lowest BCUT2D eigenvalue weighted by atomic mass is 9.63. The van der Waals surface area contributed by atoms with E-state index in [2.05, 4.69) is 0 Å². The van der Waals surface area contributed by atoms with Crippen LogP contribution in [0.4, 0.5) is 0 Å². The molecule has 0 atom stereocenters. The minimum atomic E-state index is -0.423. The normalized spacial score (nSPS) is 18.0. The minimum Gasteiger partial charge on any atom is -0.460 e. The summed E-state index contributed by atoms with van der Waals surface area (Å²) in [7, 11) is 0.381. The van der Waals surface area contributed by atoms with Gasteiger partial charge in [0.05, 0.1) is 0 Å². The van der Waals surface area contributed by atoms with E-state index in [1.54, 1.807) is 0 Å². The number of hydrogen-bond acceptors (Lipinski definition) is 4. The predicted octanol–water partition coefficient (Wildman–Crippen LogP) is 1.73. The second-order valence-electron chi connectivity index (χ2n) is 7.69. The molecule has 0 heterocycles. The molecule has 0 bridgehead atoms. The summed E-state index contributed by atoms with van der Waals surface area (Å²) in [5, 5.41) is 0. The van der Waals surface area contributed by atoms with Gasteiger partial charge in [0.1, 0.15) is 12.2 Å². The third-order valence-electron chi connectivity index (χ3n) is 5.45. The van der Waals surface area contributed by atoms with E-state index in [1.807, 2.05) is 30.3 Å². The first kappa shape index (κ1) is 24.9. The molecule has 2 aliphatic rings. The van der Waals surface area contributed by atoms with Gasteiger partial charge in [-0.25, -0.2) is 9.59 Å². The van der Waals surface area contributed by atoms with Crippen molar-refractivity contribution in [3.05, 3.63) is 41.9 Å². The maximum Gasteiger partial charge on any atom is 0.330 e. The van der Waals surface area contributed by atoms with Gasteiger partial charge in [-0.1, -0.05) is 48.6 Å². The van der Waals surface area contributed by atoms with Crippen molar-refractivity contribution in [3.8, 4) is 0 Å². The molecular formula is C22H33BO6.